The second kappa shape index (κ2) is 17.4. The van der Waals surface area contributed by atoms with E-state index in [0.717, 1.165) is 12.8 Å². The second-order valence-corrected chi connectivity index (χ2v) is 5.21. The van der Waals surface area contributed by atoms with Crippen LogP contribution in [-0.2, 0) is 28.6 Å². The summed E-state index contributed by atoms with van der Waals surface area (Å²) < 4.78 is 14.2. The third-order valence-electron chi connectivity index (χ3n) is 2.73. The molecule has 0 aliphatic rings. The summed E-state index contributed by atoms with van der Waals surface area (Å²) in [5.41, 5.74) is 0.592. The van der Waals surface area contributed by atoms with Crippen LogP contribution in [0.2, 0.25) is 0 Å². The van der Waals surface area contributed by atoms with E-state index in [1.54, 1.807) is 0 Å². The monoisotopic (exact) mass is 370 g/mol. The van der Waals surface area contributed by atoms with Crippen molar-refractivity contribution in [1.82, 2.24) is 0 Å². The number of unbranched alkanes of at least 4 members (excludes halogenated alkanes) is 1. The van der Waals surface area contributed by atoms with Gasteiger partial charge in [-0.2, -0.15) is 0 Å². The summed E-state index contributed by atoms with van der Waals surface area (Å²) in [6.07, 6.45) is 4.01. The van der Waals surface area contributed by atoms with Crippen LogP contribution in [0.25, 0.3) is 0 Å². The lowest BCUT2D eigenvalue weighted by Crippen LogP contribution is -2.15. The lowest BCUT2D eigenvalue weighted by molar-refractivity contribution is -0.147. The number of carbonyl (C=O) groups excluding carboxylic acids is 3. The molecule has 0 aliphatic heterocycles. The van der Waals surface area contributed by atoms with Crippen molar-refractivity contribution >= 4 is 17.9 Å². The van der Waals surface area contributed by atoms with Crippen molar-refractivity contribution in [2.45, 2.75) is 39.5 Å². The van der Waals surface area contributed by atoms with Crippen LogP contribution in [0.4, 0.5) is 0 Å². The van der Waals surface area contributed by atoms with Crippen molar-refractivity contribution in [3.8, 4) is 0 Å². The summed E-state index contributed by atoms with van der Waals surface area (Å²) >= 11 is 0. The molecule has 7 heteroatoms. The Kier molecular flexibility index (Phi) is 17.3. The van der Waals surface area contributed by atoms with Gasteiger partial charge in [0.2, 0.25) is 0 Å². The number of hydrogen-bond donors (Lipinski definition) is 1. The maximum Gasteiger partial charge on any atom is 0.333 e. The number of aliphatic hydroxyl groups is 1. The Bertz CT molecular complexity index is 480. The van der Waals surface area contributed by atoms with Crippen LogP contribution >= 0.6 is 0 Å². The molecule has 0 aromatic heterocycles. The van der Waals surface area contributed by atoms with Crippen molar-refractivity contribution in [2.24, 2.45) is 0 Å². The van der Waals surface area contributed by atoms with Gasteiger partial charge in [-0.05, 0) is 26.2 Å². The zero-order valence-corrected chi connectivity index (χ0v) is 15.8. The molecule has 0 bridgehead atoms. The highest BCUT2D eigenvalue weighted by Crippen LogP contribution is 2.04. The molecular formula is C19H30O7. The minimum Gasteiger partial charge on any atom is -0.463 e. The van der Waals surface area contributed by atoms with Crippen LogP contribution in [0.5, 0.6) is 0 Å². The fraction of sp³-hybridized carbons (Fsp3) is 0.526. The Morgan fingerprint density at radius 1 is 0.962 bits per heavy atom. The number of aliphatic hydroxyl groups excluding tert-OH is 1. The van der Waals surface area contributed by atoms with E-state index in [-0.39, 0.29) is 25.8 Å². The van der Waals surface area contributed by atoms with Gasteiger partial charge < -0.3 is 19.3 Å². The first-order valence-electron chi connectivity index (χ1n) is 8.37. The maximum absolute atomic E-state index is 11.3. The fourth-order valence-electron chi connectivity index (χ4n) is 1.26. The van der Waals surface area contributed by atoms with Gasteiger partial charge in [0.25, 0.3) is 0 Å². The molecule has 26 heavy (non-hydrogen) atoms. The van der Waals surface area contributed by atoms with Gasteiger partial charge in [-0.15, -0.1) is 0 Å². The lowest BCUT2D eigenvalue weighted by atomic mass is 10.2. The molecule has 0 heterocycles. The minimum absolute atomic E-state index is 0.00250. The molecule has 0 aromatic carbocycles. The van der Waals surface area contributed by atoms with Crippen LogP contribution in [0.1, 0.15) is 39.5 Å². The topological polar surface area (TPSA) is 99.1 Å². The quantitative estimate of drug-likeness (QED) is 0.244. The van der Waals surface area contributed by atoms with Gasteiger partial charge in [0, 0.05) is 23.8 Å². The number of ether oxygens (including phenoxy) is 3. The molecule has 0 saturated carbocycles. The highest BCUT2D eigenvalue weighted by molar-refractivity contribution is 5.88. The van der Waals surface area contributed by atoms with Crippen molar-refractivity contribution in [2.75, 3.05) is 26.4 Å². The molecule has 0 unspecified atom stereocenters. The van der Waals surface area contributed by atoms with Gasteiger partial charge in [-0.25, -0.2) is 14.4 Å². The van der Waals surface area contributed by atoms with Gasteiger partial charge in [0.05, 0.1) is 6.61 Å². The van der Waals surface area contributed by atoms with E-state index >= 15 is 0 Å². The van der Waals surface area contributed by atoms with Crippen molar-refractivity contribution in [3.63, 3.8) is 0 Å². The summed E-state index contributed by atoms with van der Waals surface area (Å²) in [7, 11) is 0. The average Bonchev–Trinajstić information content (AvgIpc) is 2.63. The maximum atomic E-state index is 11.3. The zero-order chi connectivity index (χ0) is 20.4. The van der Waals surface area contributed by atoms with E-state index in [0.29, 0.717) is 30.6 Å². The van der Waals surface area contributed by atoms with Gasteiger partial charge >= 0.3 is 17.9 Å². The van der Waals surface area contributed by atoms with Crippen molar-refractivity contribution < 1.29 is 33.7 Å². The Morgan fingerprint density at radius 3 is 2.00 bits per heavy atom. The smallest absolute Gasteiger partial charge is 0.333 e. The van der Waals surface area contributed by atoms with Gasteiger partial charge in [0.1, 0.15) is 13.2 Å². The normalized spacial score (nSPS) is 9.19. The Labute approximate surface area is 155 Å². The van der Waals surface area contributed by atoms with Crippen LogP contribution in [0.3, 0.4) is 0 Å². The first kappa shape index (κ1) is 25.8. The van der Waals surface area contributed by atoms with E-state index in [4.69, 9.17) is 14.6 Å². The number of carbonyl (C=O) groups is 3. The van der Waals surface area contributed by atoms with E-state index in [9.17, 15) is 14.4 Å². The first-order chi connectivity index (χ1) is 12.3. The molecule has 1 N–H and O–H groups in total. The van der Waals surface area contributed by atoms with E-state index < -0.39 is 11.9 Å². The molecule has 0 amide bonds. The molecule has 0 aromatic rings. The Hall–Kier alpha value is -2.41. The predicted octanol–water partition coefficient (Wildman–Crippen LogP) is 2.49. The van der Waals surface area contributed by atoms with Gasteiger partial charge in [-0.1, -0.05) is 33.1 Å². The summed E-state index contributed by atoms with van der Waals surface area (Å²) in [4.78, 5) is 32.6. The Balaban J connectivity index is 0. The van der Waals surface area contributed by atoms with Gasteiger partial charge in [0.15, 0.2) is 0 Å². The third kappa shape index (κ3) is 16.4. The summed E-state index contributed by atoms with van der Waals surface area (Å²) in [5, 5.41) is 8.57. The predicted molar refractivity (Wildman–Crippen MR) is 98.3 cm³/mol. The molecule has 0 atom stereocenters. The molecule has 0 spiro atoms. The molecule has 0 radical (unpaired) electrons. The molecular weight excluding hydrogens is 340 g/mol. The summed E-state index contributed by atoms with van der Waals surface area (Å²) in [6, 6.07) is 0. The van der Waals surface area contributed by atoms with E-state index in [1.165, 1.54) is 13.0 Å². The van der Waals surface area contributed by atoms with Crippen molar-refractivity contribution in [1.29, 1.82) is 0 Å². The molecule has 148 valence electrons. The largest absolute Gasteiger partial charge is 0.463 e. The SMILES string of the molecule is C=C(C)C(=O)OCCOC(=O)C(=C)CCCO.C=CC(=O)OCCCC. The number of rotatable bonds is 12. The number of esters is 3. The van der Waals surface area contributed by atoms with Crippen LogP contribution < -0.4 is 0 Å². The standard InChI is InChI=1S/C12H18O5.C7H12O2/c1-9(2)11(14)16-7-8-17-12(15)10(3)5-4-6-13;1-3-5-6-9-7(8)4-2/h13H,1,3-8H2,2H3;4H,2-3,5-6H2,1H3. The highest BCUT2D eigenvalue weighted by Gasteiger charge is 2.08. The molecule has 0 saturated heterocycles. The fourth-order valence-corrected chi connectivity index (χ4v) is 1.26. The second-order valence-electron chi connectivity index (χ2n) is 5.21. The lowest BCUT2D eigenvalue weighted by Gasteiger charge is -2.07. The van der Waals surface area contributed by atoms with Crippen LogP contribution in [0, 0.1) is 0 Å². The highest BCUT2D eigenvalue weighted by atomic mass is 16.6. The zero-order valence-electron chi connectivity index (χ0n) is 15.8. The van der Waals surface area contributed by atoms with E-state index in [1.807, 2.05) is 6.92 Å². The minimum atomic E-state index is -0.537. The summed E-state index contributed by atoms with van der Waals surface area (Å²) in [6.45, 7) is 14.3. The van der Waals surface area contributed by atoms with Crippen LogP contribution in [0.15, 0.2) is 37.0 Å². The first-order valence-corrected chi connectivity index (χ1v) is 8.37. The number of hydrogen-bond acceptors (Lipinski definition) is 7. The molecule has 0 aliphatic carbocycles. The molecule has 0 rings (SSSR count). The van der Waals surface area contributed by atoms with Gasteiger partial charge in [-0.3, -0.25) is 0 Å². The average molecular weight is 370 g/mol. The van der Waals surface area contributed by atoms with E-state index in [2.05, 4.69) is 24.5 Å². The Morgan fingerprint density at radius 2 is 1.54 bits per heavy atom. The molecule has 7 nitrogen and oxygen atoms in total. The molecule has 0 fully saturated rings. The third-order valence-corrected chi connectivity index (χ3v) is 2.73. The summed E-state index contributed by atoms with van der Waals surface area (Å²) in [5.74, 6) is -1.38. The van der Waals surface area contributed by atoms with Crippen LogP contribution in [-0.4, -0.2) is 49.4 Å². The van der Waals surface area contributed by atoms with Crippen molar-refractivity contribution in [3.05, 3.63) is 37.0 Å².